The van der Waals surface area contributed by atoms with Gasteiger partial charge < -0.3 is 19.5 Å². The number of ketones is 1. The number of anilines is 1. The van der Waals surface area contributed by atoms with Crippen molar-refractivity contribution in [2.45, 2.75) is 113 Å². The van der Waals surface area contributed by atoms with Gasteiger partial charge >= 0.3 is 0 Å². The molecule has 5 fully saturated rings. The molecule has 2 spiro atoms. The third-order valence-corrected chi connectivity index (χ3v) is 13.9. The number of rotatable bonds is 3. The SMILES string of the molecule is CCN(CC)c1ccc2c(c1)S[C@]13CCC4(C[C@]1(O)CC[C@@H]1C3[C@@H]2C[C@]2(C)C(=O)CC[C@@H]12)OCC(C)(C)CO4. The first-order valence-electron chi connectivity index (χ1n) is 15.6. The van der Waals surface area contributed by atoms with E-state index in [0.29, 0.717) is 49.1 Å². The molecule has 7 rings (SSSR count). The molecule has 5 nitrogen and oxygen atoms in total. The zero-order valence-corrected chi connectivity index (χ0v) is 25.4. The Hall–Kier alpha value is -1.08. The second-order valence-corrected chi connectivity index (χ2v) is 16.1. The first-order valence-corrected chi connectivity index (χ1v) is 16.4. The van der Waals surface area contributed by atoms with Crippen molar-refractivity contribution in [1.82, 2.24) is 0 Å². The standard InChI is InChI=1S/C33H47NO4S/c1-6-34(7-2)21-8-9-22-24-17-30(5)25(10-11-27(30)35)23-12-13-31(36)18-32(37-19-29(3,4)20-38-32)14-15-33(31,28(23)24)39-26(22)16-21/h8-9,16,23-25,28,36H,6-7,10-15,17-20H2,1-5H3/t23-,24+,25-,28?,30-,31+,33-/m0/s1. The molecule has 1 aromatic carbocycles. The van der Waals surface area contributed by atoms with Crippen LogP contribution in [0.25, 0.3) is 0 Å². The summed E-state index contributed by atoms with van der Waals surface area (Å²) in [5.41, 5.74) is 1.62. The van der Waals surface area contributed by atoms with E-state index in [-0.39, 0.29) is 15.6 Å². The van der Waals surface area contributed by atoms with Gasteiger partial charge in [-0.1, -0.05) is 26.8 Å². The van der Waals surface area contributed by atoms with Gasteiger partial charge in [0.1, 0.15) is 5.78 Å². The van der Waals surface area contributed by atoms with Gasteiger partial charge in [0, 0.05) is 53.8 Å². The number of carbonyl (C=O) groups is 1. The van der Waals surface area contributed by atoms with Crippen molar-refractivity contribution in [3.05, 3.63) is 23.8 Å². The number of hydrogen-bond acceptors (Lipinski definition) is 6. The lowest BCUT2D eigenvalue weighted by molar-refractivity contribution is -0.337. The van der Waals surface area contributed by atoms with Gasteiger partial charge in [-0.05, 0) is 87.3 Å². The summed E-state index contributed by atoms with van der Waals surface area (Å²) in [4.78, 5) is 17.1. The number of Topliss-reactive ketones (excluding diaryl/α,β-unsaturated/α-hetero) is 1. The van der Waals surface area contributed by atoms with Crippen LogP contribution < -0.4 is 4.90 Å². The van der Waals surface area contributed by atoms with Gasteiger partial charge in [0.05, 0.1) is 23.6 Å². The van der Waals surface area contributed by atoms with Crippen molar-refractivity contribution < 1.29 is 19.4 Å². The minimum Gasteiger partial charge on any atom is -0.388 e. The average molecular weight is 554 g/mol. The maximum atomic E-state index is 13.4. The first kappa shape index (κ1) is 26.8. The largest absolute Gasteiger partial charge is 0.388 e. The molecule has 0 aromatic heterocycles. The van der Waals surface area contributed by atoms with Crippen LogP contribution in [0.15, 0.2) is 23.1 Å². The maximum Gasteiger partial charge on any atom is 0.171 e. The smallest absolute Gasteiger partial charge is 0.171 e. The van der Waals surface area contributed by atoms with E-state index in [9.17, 15) is 9.90 Å². The van der Waals surface area contributed by atoms with E-state index in [2.05, 4.69) is 57.7 Å². The summed E-state index contributed by atoms with van der Waals surface area (Å²) in [5.74, 6) is 1.44. The number of carbonyl (C=O) groups excluding carboxylic acids is 1. The highest BCUT2D eigenvalue weighted by atomic mass is 32.2. The van der Waals surface area contributed by atoms with E-state index in [1.54, 1.807) is 0 Å². The molecule has 4 aliphatic carbocycles. The van der Waals surface area contributed by atoms with Crippen LogP contribution in [0.4, 0.5) is 5.69 Å². The Kier molecular flexibility index (Phi) is 5.99. The van der Waals surface area contributed by atoms with Crippen LogP contribution in [0.5, 0.6) is 0 Å². The fraction of sp³-hybridized carbons (Fsp3) is 0.788. The Bertz CT molecular complexity index is 1170. The van der Waals surface area contributed by atoms with Crippen molar-refractivity contribution in [2.24, 2.45) is 28.6 Å². The number of nitrogens with zero attached hydrogens (tertiary/aromatic N) is 1. The number of aliphatic hydroxyl groups is 1. The summed E-state index contributed by atoms with van der Waals surface area (Å²) in [6.45, 7) is 14.4. The van der Waals surface area contributed by atoms with Crippen LogP contribution in [0, 0.1) is 28.6 Å². The monoisotopic (exact) mass is 553 g/mol. The third kappa shape index (κ3) is 3.66. The molecule has 1 saturated heterocycles. The van der Waals surface area contributed by atoms with Gasteiger partial charge in [0.25, 0.3) is 0 Å². The van der Waals surface area contributed by atoms with Crippen LogP contribution in [0.1, 0.15) is 97.5 Å². The molecule has 6 aliphatic rings. The van der Waals surface area contributed by atoms with Crippen molar-refractivity contribution in [3.8, 4) is 0 Å². The molecule has 7 atom stereocenters. The summed E-state index contributed by atoms with van der Waals surface area (Å²) in [6.07, 6.45) is 6.76. The molecule has 0 radical (unpaired) electrons. The topological polar surface area (TPSA) is 59.0 Å². The predicted octanol–water partition coefficient (Wildman–Crippen LogP) is 6.56. The third-order valence-electron chi connectivity index (χ3n) is 12.1. The molecule has 0 bridgehead atoms. The van der Waals surface area contributed by atoms with Crippen LogP contribution >= 0.6 is 11.8 Å². The highest BCUT2D eigenvalue weighted by molar-refractivity contribution is 8.01. The fourth-order valence-corrected chi connectivity index (χ4v) is 12.1. The van der Waals surface area contributed by atoms with Crippen molar-refractivity contribution in [2.75, 3.05) is 31.2 Å². The number of hydrogen-bond donors (Lipinski definition) is 1. The van der Waals surface area contributed by atoms with Gasteiger partial charge in [-0.25, -0.2) is 0 Å². The molecule has 2 aliphatic heterocycles. The zero-order chi connectivity index (χ0) is 27.4. The van der Waals surface area contributed by atoms with E-state index >= 15 is 0 Å². The summed E-state index contributed by atoms with van der Waals surface area (Å²) >= 11 is 1.99. The summed E-state index contributed by atoms with van der Waals surface area (Å²) in [7, 11) is 0. The maximum absolute atomic E-state index is 13.4. The number of thioether (sulfide) groups is 1. The highest BCUT2D eigenvalue weighted by Crippen LogP contribution is 2.74. The van der Waals surface area contributed by atoms with E-state index in [4.69, 9.17) is 9.47 Å². The minimum atomic E-state index is -0.851. The van der Waals surface area contributed by atoms with Gasteiger partial charge in [-0.15, -0.1) is 11.8 Å². The second-order valence-electron chi connectivity index (χ2n) is 14.8. The summed E-state index contributed by atoms with van der Waals surface area (Å²) in [5, 5.41) is 12.9. The molecule has 4 saturated carbocycles. The lowest BCUT2D eigenvalue weighted by Gasteiger charge is -2.69. The highest BCUT2D eigenvalue weighted by Gasteiger charge is 2.72. The quantitative estimate of drug-likeness (QED) is 0.457. The average Bonchev–Trinajstić information content (AvgIpc) is 3.21. The summed E-state index contributed by atoms with van der Waals surface area (Å²) < 4.78 is 12.8. The zero-order valence-electron chi connectivity index (χ0n) is 24.6. The van der Waals surface area contributed by atoms with Crippen molar-refractivity contribution in [3.63, 3.8) is 0 Å². The minimum absolute atomic E-state index is 0.00789. The number of fused-ring (bicyclic) bond motifs is 4. The Morgan fingerprint density at radius 3 is 2.51 bits per heavy atom. The lowest BCUT2D eigenvalue weighted by Crippen LogP contribution is -2.72. The molecule has 0 amide bonds. The Morgan fingerprint density at radius 2 is 1.79 bits per heavy atom. The first-order chi connectivity index (χ1) is 18.5. The second kappa shape index (κ2) is 8.72. The van der Waals surface area contributed by atoms with Gasteiger partial charge in [-0.3, -0.25) is 4.79 Å². The van der Waals surface area contributed by atoms with Crippen LogP contribution in [-0.2, 0) is 14.3 Å². The predicted molar refractivity (Wildman–Crippen MR) is 155 cm³/mol. The van der Waals surface area contributed by atoms with Gasteiger partial charge in [-0.2, -0.15) is 0 Å². The molecular weight excluding hydrogens is 506 g/mol. The van der Waals surface area contributed by atoms with Gasteiger partial charge in [0.15, 0.2) is 5.79 Å². The Morgan fingerprint density at radius 1 is 1.05 bits per heavy atom. The van der Waals surface area contributed by atoms with E-state index < -0.39 is 11.4 Å². The van der Waals surface area contributed by atoms with E-state index in [1.165, 1.54) is 16.1 Å². The molecular formula is C33H47NO4S. The van der Waals surface area contributed by atoms with Crippen LogP contribution in [0.3, 0.4) is 0 Å². The van der Waals surface area contributed by atoms with E-state index in [1.807, 2.05) is 11.8 Å². The Labute approximate surface area is 238 Å². The number of ether oxygens (including phenoxy) is 2. The fourth-order valence-electron chi connectivity index (χ4n) is 10.1. The molecule has 2 heterocycles. The molecule has 1 unspecified atom stereocenters. The summed E-state index contributed by atoms with van der Waals surface area (Å²) in [6, 6.07) is 7.08. The lowest BCUT2D eigenvalue weighted by atomic mass is 9.45. The molecule has 214 valence electrons. The van der Waals surface area contributed by atoms with Crippen LogP contribution in [-0.4, -0.2) is 53.3 Å². The van der Waals surface area contributed by atoms with Crippen molar-refractivity contribution in [1.29, 1.82) is 0 Å². The van der Waals surface area contributed by atoms with Crippen LogP contribution in [0.2, 0.25) is 0 Å². The molecule has 1 aromatic rings. The van der Waals surface area contributed by atoms with E-state index in [0.717, 1.165) is 58.0 Å². The molecule has 39 heavy (non-hydrogen) atoms. The van der Waals surface area contributed by atoms with Crippen molar-refractivity contribution >= 4 is 23.2 Å². The normalized spacial score (nSPS) is 43.3. The number of benzene rings is 1. The Balaban J connectivity index is 1.34. The molecule has 6 heteroatoms. The molecule has 1 N–H and O–H groups in total. The van der Waals surface area contributed by atoms with Gasteiger partial charge in [0.2, 0.25) is 0 Å².